The first-order chi connectivity index (χ1) is 15.8. The van der Waals surface area contributed by atoms with Crippen molar-refractivity contribution in [3.8, 4) is 17.1 Å². The van der Waals surface area contributed by atoms with Gasteiger partial charge in [-0.1, -0.05) is 0 Å². The molecule has 0 saturated carbocycles. The maximum absolute atomic E-state index is 5.65. The Hall–Kier alpha value is -3.72. The van der Waals surface area contributed by atoms with Crippen LogP contribution in [0.2, 0.25) is 0 Å². The van der Waals surface area contributed by atoms with Gasteiger partial charge in [0, 0.05) is 49.0 Å². The third kappa shape index (κ3) is 3.60. The second-order valence-electron chi connectivity index (χ2n) is 7.90. The minimum Gasteiger partial charge on any atom is -0.477 e. The molecule has 0 amide bonds. The van der Waals surface area contributed by atoms with Gasteiger partial charge in [0.1, 0.15) is 5.82 Å². The first-order valence-corrected chi connectivity index (χ1v) is 10.8. The Morgan fingerprint density at radius 3 is 2.81 bits per heavy atom. The van der Waals surface area contributed by atoms with Gasteiger partial charge in [0.05, 0.1) is 37.4 Å². The number of fused-ring (bicyclic) bond motifs is 2. The fraction of sp³-hybridized carbons (Fsp3) is 0.304. The summed E-state index contributed by atoms with van der Waals surface area (Å²) in [6.45, 7) is 3.92. The Morgan fingerprint density at radius 2 is 1.94 bits per heavy atom. The van der Waals surface area contributed by atoms with E-state index in [0.717, 1.165) is 85.6 Å². The van der Waals surface area contributed by atoms with Crippen molar-refractivity contribution in [2.75, 3.05) is 43.1 Å². The van der Waals surface area contributed by atoms with E-state index in [-0.39, 0.29) is 0 Å². The van der Waals surface area contributed by atoms with Crippen LogP contribution >= 0.6 is 0 Å². The van der Waals surface area contributed by atoms with Crippen LogP contribution in [0.4, 0.5) is 17.3 Å². The lowest BCUT2D eigenvalue weighted by molar-refractivity contribution is 0.122. The van der Waals surface area contributed by atoms with Gasteiger partial charge in [0.15, 0.2) is 11.5 Å². The summed E-state index contributed by atoms with van der Waals surface area (Å²) in [5.74, 6) is 2.35. The number of pyridine rings is 2. The molecule has 0 spiro atoms. The number of aryl methyl sites for hydroxylation is 1. The first kappa shape index (κ1) is 19.0. The number of hydrogen-bond acceptors (Lipinski definition) is 8. The highest BCUT2D eigenvalue weighted by molar-refractivity contribution is 5.73. The standard InChI is InChI=1S/C23H23N7O2/c1-2-16-12-17(13-26-23(16)32-9-1)19-15-30-6-5-24-22(30)21(28-19)27-18-3-4-20(25-14-18)29-7-10-31-11-8-29/h3-6,12-15H,1-2,7-11H2,(H,27,28). The van der Waals surface area contributed by atoms with Crippen LogP contribution in [0.3, 0.4) is 0 Å². The Bertz CT molecular complexity index is 1250. The molecule has 6 rings (SSSR count). The Kier molecular flexibility index (Phi) is 4.80. The summed E-state index contributed by atoms with van der Waals surface area (Å²) in [5, 5.41) is 3.39. The Morgan fingerprint density at radius 1 is 1.00 bits per heavy atom. The molecular weight excluding hydrogens is 406 g/mol. The van der Waals surface area contributed by atoms with Crippen molar-refractivity contribution in [3.05, 3.63) is 54.7 Å². The summed E-state index contributed by atoms with van der Waals surface area (Å²) < 4.78 is 13.0. The minimum atomic E-state index is 0.669. The molecule has 0 aliphatic carbocycles. The largest absolute Gasteiger partial charge is 0.477 e. The third-order valence-corrected chi connectivity index (χ3v) is 5.77. The lowest BCUT2D eigenvalue weighted by Gasteiger charge is -2.27. The van der Waals surface area contributed by atoms with E-state index in [1.807, 2.05) is 41.3 Å². The second-order valence-corrected chi connectivity index (χ2v) is 7.90. The lowest BCUT2D eigenvalue weighted by atomic mass is 10.1. The van der Waals surface area contributed by atoms with Crippen molar-refractivity contribution < 1.29 is 9.47 Å². The number of rotatable bonds is 4. The van der Waals surface area contributed by atoms with Gasteiger partial charge >= 0.3 is 0 Å². The van der Waals surface area contributed by atoms with Gasteiger partial charge in [-0.25, -0.2) is 19.9 Å². The van der Waals surface area contributed by atoms with Gasteiger partial charge in [-0.15, -0.1) is 0 Å². The van der Waals surface area contributed by atoms with Crippen LogP contribution < -0.4 is 15.0 Å². The van der Waals surface area contributed by atoms with Crippen molar-refractivity contribution in [3.63, 3.8) is 0 Å². The molecule has 0 aromatic carbocycles. The van der Waals surface area contributed by atoms with Gasteiger partial charge in [-0.2, -0.15) is 0 Å². The summed E-state index contributed by atoms with van der Waals surface area (Å²) in [5.41, 5.74) is 4.50. The number of imidazole rings is 1. The Balaban J connectivity index is 1.31. The fourth-order valence-electron chi connectivity index (χ4n) is 4.11. The van der Waals surface area contributed by atoms with Crippen molar-refractivity contribution in [1.82, 2.24) is 24.3 Å². The summed E-state index contributed by atoms with van der Waals surface area (Å²) in [7, 11) is 0. The molecule has 2 aliphatic heterocycles. The van der Waals surface area contributed by atoms with Crippen LogP contribution in [0.15, 0.2) is 49.2 Å². The molecule has 32 heavy (non-hydrogen) atoms. The van der Waals surface area contributed by atoms with Crippen molar-refractivity contribution in [2.45, 2.75) is 12.8 Å². The fourth-order valence-corrected chi connectivity index (χ4v) is 4.11. The van der Waals surface area contributed by atoms with E-state index in [0.29, 0.717) is 5.82 Å². The van der Waals surface area contributed by atoms with Crippen LogP contribution in [0, 0.1) is 0 Å². The zero-order chi connectivity index (χ0) is 21.3. The molecular formula is C23H23N7O2. The number of anilines is 3. The van der Waals surface area contributed by atoms with Crippen LogP contribution in [0.25, 0.3) is 16.9 Å². The molecule has 1 saturated heterocycles. The van der Waals surface area contributed by atoms with E-state index in [2.05, 4.69) is 31.2 Å². The van der Waals surface area contributed by atoms with Gasteiger partial charge in [0.25, 0.3) is 0 Å². The maximum atomic E-state index is 5.65. The number of aromatic nitrogens is 5. The molecule has 0 radical (unpaired) electrons. The predicted molar refractivity (Wildman–Crippen MR) is 121 cm³/mol. The molecule has 4 aromatic heterocycles. The smallest absolute Gasteiger partial charge is 0.216 e. The van der Waals surface area contributed by atoms with Gasteiger partial charge in [-0.3, -0.25) is 0 Å². The average molecular weight is 429 g/mol. The predicted octanol–water partition coefficient (Wildman–Crippen LogP) is 3.09. The minimum absolute atomic E-state index is 0.669. The highest BCUT2D eigenvalue weighted by Crippen LogP contribution is 2.29. The average Bonchev–Trinajstić information content (AvgIpc) is 3.34. The van der Waals surface area contributed by atoms with Gasteiger partial charge in [0.2, 0.25) is 5.88 Å². The van der Waals surface area contributed by atoms with E-state index in [1.54, 1.807) is 6.20 Å². The summed E-state index contributed by atoms with van der Waals surface area (Å²) in [6, 6.07) is 6.16. The highest BCUT2D eigenvalue weighted by Gasteiger charge is 2.16. The normalized spacial score (nSPS) is 15.9. The topological polar surface area (TPSA) is 89.7 Å². The molecule has 6 heterocycles. The molecule has 0 atom stereocenters. The number of nitrogens with one attached hydrogen (secondary N) is 1. The summed E-state index contributed by atoms with van der Waals surface area (Å²) in [6.07, 6.45) is 11.3. The van der Waals surface area contributed by atoms with Crippen molar-refractivity contribution in [1.29, 1.82) is 0 Å². The molecule has 9 heteroatoms. The molecule has 0 bridgehead atoms. The third-order valence-electron chi connectivity index (χ3n) is 5.77. The van der Waals surface area contributed by atoms with Crippen LogP contribution in [-0.4, -0.2) is 57.2 Å². The van der Waals surface area contributed by atoms with Crippen LogP contribution in [0.5, 0.6) is 5.88 Å². The molecule has 1 N–H and O–H groups in total. The number of nitrogens with zero attached hydrogens (tertiary/aromatic N) is 6. The molecule has 0 unspecified atom stereocenters. The highest BCUT2D eigenvalue weighted by atomic mass is 16.5. The second kappa shape index (κ2) is 8.08. The summed E-state index contributed by atoms with van der Waals surface area (Å²) in [4.78, 5) is 20.7. The molecule has 2 aliphatic rings. The van der Waals surface area contributed by atoms with Gasteiger partial charge < -0.3 is 24.1 Å². The van der Waals surface area contributed by atoms with Crippen LogP contribution in [-0.2, 0) is 11.2 Å². The van der Waals surface area contributed by atoms with Crippen molar-refractivity contribution in [2.24, 2.45) is 0 Å². The zero-order valence-electron chi connectivity index (χ0n) is 17.6. The lowest BCUT2D eigenvalue weighted by Crippen LogP contribution is -2.36. The molecule has 162 valence electrons. The van der Waals surface area contributed by atoms with E-state index < -0.39 is 0 Å². The van der Waals surface area contributed by atoms with E-state index >= 15 is 0 Å². The molecule has 1 fully saturated rings. The summed E-state index contributed by atoms with van der Waals surface area (Å²) >= 11 is 0. The maximum Gasteiger partial charge on any atom is 0.216 e. The van der Waals surface area contributed by atoms with E-state index in [9.17, 15) is 0 Å². The van der Waals surface area contributed by atoms with E-state index in [4.69, 9.17) is 14.5 Å². The van der Waals surface area contributed by atoms with E-state index in [1.165, 1.54) is 0 Å². The monoisotopic (exact) mass is 429 g/mol. The quantitative estimate of drug-likeness (QED) is 0.529. The molecule has 4 aromatic rings. The van der Waals surface area contributed by atoms with Gasteiger partial charge in [-0.05, 0) is 31.0 Å². The van der Waals surface area contributed by atoms with Crippen LogP contribution in [0.1, 0.15) is 12.0 Å². The number of ether oxygens (including phenoxy) is 2. The number of hydrogen-bond donors (Lipinski definition) is 1. The van der Waals surface area contributed by atoms with Crippen molar-refractivity contribution >= 4 is 23.0 Å². The number of morpholine rings is 1. The Labute approximate surface area is 185 Å². The first-order valence-electron chi connectivity index (χ1n) is 10.8. The molecule has 9 nitrogen and oxygen atoms in total. The SMILES string of the molecule is c1cn2cc(-c3cnc4c(c3)CCCO4)nc(Nc3ccc(N4CCOCC4)nc3)c2n1. The zero-order valence-corrected chi connectivity index (χ0v) is 17.6.